The second-order valence-electron chi connectivity index (χ2n) is 5.17. The first-order valence-electron chi connectivity index (χ1n) is 7.21. The summed E-state index contributed by atoms with van der Waals surface area (Å²) in [6.07, 6.45) is 1.57. The molecule has 0 radical (unpaired) electrons. The molecular weight excluding hydrogens is 300 g/mol. The van der Waals surface area contributed by atoms with Crippen molar-refractivity contribution < 1.29 is 9.53 Å². The van der Waals surface area contributed by atoms with Gasteiger partial charge in [0.25, 0.3) is 5.91 Å². The van der Waals surface area contributed by atoms with Crippen LogP contribution in [0.25, 0.3) is 0 Å². The molecule has 3 rings (SSSR count). The van der Waals surface area contributed by atoms with Crippen LogP contribution in [0.4, 0.5) is 0 Å². The Morgan fingerprint density at radius 2 is 2.36 bits per heavy atom. The lowest BCUT2D eigenvalue weighted by Crippen LogP contribution is -2.44. The zero-order chi connectivity index (χ0) is 15.4. The van der Waals surface area contributed by atoms with Crippen molar-refractivity contribution in [1.82, 2.24) is 20.1 Å². The van der Waals surface area contributed by atoms with Gasteiger partial charge in [0.15, 0.2) is 5.16 Å². The van der Waals surface area contributed by atoms with E-state index in [9.17, 15) is 4.79 Å². The number of nitrogens with one attached hydrogen (secondary N) is 1. The maximum atomic E-state index is 12.8. The Kier molecular flexibility index (Phi) is 4.74. The molecule has 1 saturated heterocycles. The lowest BCUT2D eigenvalue weighted by atomic mass is 10.1. The molecule has 22 heavy (non-hydrogen) atoms. The highest BCUT2D eigenvalue weighted by Crippen LogP contribution is 2.22. The number of aromatic amines is 1. The molecule has 1 unspecified atom stereocenters. The molecule has 2 heterocycles. The number of amides is 1. The van der Waals surface area contributed by atoms with Gasteiger partial charge in [-0.15, -0.1) is 0 Å². The number of hydrogen-bond acceptors (Lipinski definition) is 5. The second-order valence-corrected chi connectivity index (χ2v) is 6.13. The number of morpholine rings is 1. The van der Waals surface area contributed by atoms with E-state index in [1.807, 2.05) is 36.1 Å². The van der Waals surface area contributed by atoms with Crippen molar-refractivity contribution >= 4 is 17.7 Å². The smallest absolute Gasteiger partial charge is 0.254 e. The van der Waals surface area contributed by atoms with E-state index in [0.717, 1.165) is 16.3 Å². The van der Waals surface area contributed by atoms with Gasteiger partial charge in [-0.3, -0.25) is 9.89 Å². The summed E-state index contributed by atoms with van der Waals surface area (Å²) in [6, 6.07) is 7.73. The van der Waals surface area contributed by atoms with Crippen LogP contribution in [0.5, 0.6) is 0 Å². The Morgan fingerprint density at radius 3 is 3.14 bits per heavy atom. The molecule has 1 aromatic heterocycles. The number of aromatic nitrogens is 3. The predicted octanol–water partition coefficient (Wildman–Crippen LogP) is 1.96. The van der Waals surface area contributed by atoms with Crippen LogP contribution in [0, 0.1) is 0 Å². The lowest BCUT2D eigenvalue weighted by Gasteiger charge is -2.31. The molecule has 0 spiro atoms. The third kappa shape index (κ3) is 3.48. The van der Waals surface area contributed by atoms with E-state index < -0.39 is 0 Å². The molecule has 6 nitrogen and oxygen atoms in total. The minimum atomic E-state index is 0.0731. The molecule has 1 fully saturated rings. The van der Waals surface area contributed by atoms with Gasteiger partial charge in [0.05, 0.1) is 12.7 Å². The first kappa shape index (κ1) is 15.1. The summed E-state index contributed by atoms with van der Waals surface area (Å²) in [6.45, 7) is 3.88. The van der Waals surface area contributed by atoms with Crippen molar-refractivity contribution in [2.75, 3.05) is 19.7 Å². The van der Waals surface area contributed by atoms with Gasteiger partial charge in [-0.2, -0.15) is 5.10 Å². The molecular formula is C15H18N4O2S. The minimum absolute atomic E-state index is 0.0731. The molecule has 1 aromatic carbocycles. The number of nitrogens with zero attached hydrogens (tertiary/aromatic N) is 3. The largest absolute Gasteiger partial charge is 0.375 e. The minimum Gasteiger partial charge on any atom is -0.375 e. The predicted molar refractivity (Wildman–Crippen MR) is 83.7 cm³/mol. The highest BCUT2D eigenvalue weighted by molar-refractivity contribution is 7.98. The molecule has 1 N–H and O–H groups in total. The molecule has 0 bridgehead atoms. The normalized spacial score (nSPS) is 18.4. The standard InChI is InChI=1S/C15H18N4O2S/c1-11-8-19(6-7-21-11)14(20)13-5-3-2-4-12(13)9-22-15-16-10-17-18-15/h2-5,10-11H,6-9H2,1H3,(H,16,17,18). The van der Waals surface area contributed by atoms with Crippen molar-refractivity contribution in [2.24, 2.45) is 0 Å². The van der Waals surface area contributed by atoms with Gasteiger partial charge in [-0.05, 0) is 18.6 Å². The fourth-order valence-electron chi connectivity index (χ4n) is 2.44. The molecule has 1 amide bonds. The molecule has 1 atom stereocenters. The topological polar surface area (TPSA) is 71.1 Å². The third-order valence-electron chi connectivity index (χ3n) is 3.53. The van der Waals surface area contributed by atoms with Gasteiger partial charge in [0.2, 0.25) is 0 Å². The third-order valence-corrected chi connectivity index (χ3v) is 4.46. The monoisotopic (exact) mass is 318 g/mol. The van der Waals surface area contributed by atoms with Gasteiger partial charge in [-0.25, -0.2) is 4.98 Å². The summed E-state index contributed by atoms with van der Waals surface area (Å²) in [5.41, 5.74) is 1.76. The van der Waals surface area contributed by atoms with Crippen molar-refractivity contribution in [2.45, 2.75) is 23.9 Å². The van der Waals surface area contributed by atoms with Crippen LogP contribution in [0.3, 0.4) is 0 Å². The van der Waals surface area contributed by atoms with Gasteiger partial charge < -0.3 is 9.64 Å². The average Bonchev–Trinajstić information content (AvgIpc) is 3.06. The van der Waals surface area contributed by atoms with Crippen molar-refractivity contribution in [3.63, 3.8) is 0 Å². The van der Waals surface area contributed by atoms with Crippen molar-refractivity contribution in [1.29, 1.82) is 0 Å². The number of rotatable bonds is 4. The lowest BCUT2D eigenvalue weighted by molar-refractivity contribution is -0.0124. The summed E-state index contributed by atoms with van der Waals surface area (Å²) >= 11 is 1.53. The van der Waals surface area contributed by atoms with Gasteiger partial charge in [0, 0.05) is 24.4 Å². The van der Waals surface area contributed by atoms with E-state index in [2.05, 4.69) is 15.2 Å². The molecule has 1 aliphatic heterocycles. The highest BCUT2D eigenvalue weighted by Gasteiger charge is 2.24. The number of H-pyrrole nitrogens is 1. The van der Waals surface area contributed by atoms with Crippen LogP contribution < -0.4 is 0 Å². The van der Waals surface area contributed by atoms with Crippen molar-refractivity contribution in [3.8, 4) is 0 Å². The number of carbonyl (C=O) groups is 1. The summed E-state index contributed by atoms with van der Waals surface area (Å²) in [7, 11) is 0. The highest BCUT2D eigenvalue weighted by atomic mass is 32.2. The van der Waals surface area contributed by atoms with E-state index in [1.54, 1.807) is 0 Å². The summed E-state index contributed by atoms with van der Waals surface area (Å²) in [5, 5.41) is 7.40. The number of benzene rings is 1. The summed E-state index contributed by atoms with van der Waals surface area (Å²) in [4.78, 5) is 18.7. The van der Waals surface area contributed by atoms with Gasteiger partial charge >= 0.3 is 0 Å². The quantitative estimate of drug-likeness (QED) is 0.873. The van der Waals surface area contributed by atoms with E-state index in [-0.39, 0.29) is 12.0 Å². The SMILES string of the molecule is CC1CN(C(=O)c2ccccc2CSc2ncn[nH]2)CCO1. The Morgan fingerprint density at radius 1 is 1.50 bits per heavy atom. The zero-order valence-electron chi connectivity index (χ0n) is 12.4. The zero-order valence-corrected chi connectivity index (χ0v) is 13.2. The molecule has 1 aliphatic rings. The fourth-order valence-corrected chi connectivity index (χ4v) is 3.22. The maximum absolute atomic E-state index is 12.8. The first-order chi connectivity index (χ1) is 10.7. The van der Waals surface area contributed by atoms with Crippen molar-refractivity contribution in [3.05, 3.63) is 41.7 Å². The Hall–Kier alpha value is -1.86. The first-order valence-corrected chi connectivity index (χ1v) is 8.19. The van der Waals surface area contributed by atoms with E-state index in [4.69, 9.17) is 4.74 Å². The van der Waals surface area contributed by atoms with Crippen LogP contribution in [0.15, 0.2) is 35.7 Å². The molecule has 2 aromatic rings. The van der Waals surface area contributed by atoms with Crippen LogP contribution >= 0.6 is 11.8 Å². The number of hydrogen-bond donors (Lipinski definition) is 1. The molecule has 116 valence electrons. The Labute approximate surface area is 133 Å². The van der Waals surface area contributed by atoms with Crippen LogP contribution in [-0.2, 0) is 10.5 Å². The number of thioether (sulfide) groups is 1. The molecule has 7 heteroatoms. The Bertz CT molecular complexity index is 632. The van der Waals surface area contributed by atoms with Gasteiger partial charge in [-0.1, -0.05) is 30.0 Å². The van der Waals surface area contributed by atoms with Gasteiger partial charge in [0.1, 0.15) is 6.33 Å². The number of ether oxygens (including phenoxy) is 1. The van der Waals surface area contributed by atoms with Crippen LogP contribution in [0.1, 0.15) is 22.8 Å². The summed E-state index contributed by atoms with van der Waals surface area (Å²) < 4.78 is 5.50. The molecule has 0 saturated carbocycles. The fraction of sp³-hybridized carbons (Fsp3) is 0.400. The molecule has 0 aliphatic carbocycles. The van der Waals surface area contributed by atoms with E-state index in [0.29, 0.717) is 25.4 Å². The Balaban J connectivity index is 1.73. The maximum Gasteiger partial charge on any atom is 0.254 e. The van der Waals surface area contributed by atoms with E-state index in [1.165, 1.54) is 18.1 Å². The average molecular weight is 318 g/mol. The van der Waals surface area contributed by atoms with E-state index >= 15 is 0 Å². The summed E-state index contributed by atoms with van der Waals surface area (Å²) in [5.74, 6) is 0.751. The van der Waals surface area contributed by atoms with Crippen LogP contribution in [0.2, 0.25) is 0 Å². The van der Waals surface area contributed by atoms with Crippen LogP contribution in [-0.4, -0.2) is 51.8 Å². The number of carbonyl (C=O) groups excluding carboxylic acids is 1. The second kappa shape index (κ2) is 6.93.